The lowest BCUT2D eigenvalue weighted by atomic mass is 9.68. The fourth-order valence-electron chi connectivity index (χ4n) is 2.31. The molecule has 1 fully saturated rings. The summed E-state index contributed by atoms with van der Waals surface area (Å²) >= 11 is 0. The van der Waals surface area contributed by atoms with Gasteiger partial charge in [0.15, 0.2) is 0 Å². The lowest BCUT2D eigenvalue weighted by Crippen LogP contribution is -2.53. The first-order valence-corrected chi connectivity index (χ1v) is 4.80. The summed E-state index contributed by atoms with van der Waals surface area (Å²) in [6, 6.07) is 0. The van der Waals surface area contributed by atoms with Crippen molar-refractivity contribution >= 4 is 0 Å². The van der Waals surface area contributed by atoms with Crippen molar-refractivity contribution in [2.24, 2.45) is 11.8 Å². The van der Waals surface area contributed by atoms with Gasteiger partial charge in [0.05, 0.1) is 0 Å². The minimum atomic E-state index is 0.387. The Hall–Kier alpha value is -0.0400. The van der Waals surface area contributed by atoms with E-state index in [0.717, 1.165) is 11.8 Å². The molecular weight excluding hydrogens is 134 g/mol. The Morgan fingerprint density at radius 1 is 1.18 bits per heavy atom. The maximum Gasteiger partial charge on any atom is 0.0201 e. The fraction of sp³-hybridized carbons (Fsp3) is 1.00. The van der Waals surface area contributed by atoms with Crippen LogP contribution in [0.3, 0.4) is 0 Å². The Bertz CT molecular complexity index is 121. The molecule has 0 aromatic carbocycles. The van der Waals surface area contributed by atoms with Crippen LogP contribution in [0.5, 0.6) is 0 Å². The van der Waals surface area contributed by atoms with Gasteiger partial charge >= 0.3 is 0 Å². The molecule has 2 unspecified atom stereocenters. The third-order valence-electron chi connectivity index (χ3n) is 3.86. The van der Waals surface area contributed by atoms with Crippen molar-refractivity contribution < 1.29 is 0 Å². The number of nitrogens with one attached hydrogen (secondary N) is 1. The second kappa shape index (κ2) is 3.14. The molecule has 0 bridgehead atoms. The van der Waals surface area contributed by atoms with Crippen molar-refractivity contribution in [2.75, 3.05) is 7.05 Å². The van der Waals surface area contributed by atoms with Crippen LogP contribution < -0.4 is 5.32 Å². The van der Waals surface area contributed by atoms with E-state index < -0.39 is 0 Å². The standard InChI is InChI=1S/C10H21N/c1-8-6-5-7-9(2)10(8,3)11-4/h8-9,11H,5-7H2,1-4H3. The highest BCUT2D eigenvalue weighted by atomic mass is 15.0. The summed E-state index contributed by atoms with van der Waals surface area (Å²) in [5, 5.41) is 3.48. The van der Waals surface area contributed by atoms with E-state index in [0.29, 0.717) is 5.54 Å². The van der Waals surface area contributed by atoms with Gasteiger partial charge in [-0.15, -0.1) is 0 Å². The molecule has 0 amide bonds. The molecule has 0 aliphatic heterocycles. The second-order valence-corrected chi connectivity index (χ2v) is 4.27. The average Bonchev–Trinajstić information content (AvgIpc) is 2.00. The Kier molecular flexibility index (Phi) is 2.58. The monoisotopic (exact) mass is 155 g/mol. The molecule has 0 spiro atoms. The van der Waals surface area contributed by atoms with Gasteiger partial charge in [0, 0.05) is 5.54 Å². The summed E-state index contributed by atoms with van der Waals surface area (Å²) < 4.78 is 0. The van der Waals surface area contributed by atoms with E-state index in [1.807, 2.05) is 0 Å². The van der Waals surface area contributed by atoms with Crippen molar-refractivity contribution in [3.8, 4) is 0 Å². The summed E-state index contributed by atoms with van der Waals surface area (Å²) in [5.41, 5.74) is 0.387. The maximum absolute atomic E-state index is 3.48. The van der Waals surface area contributed by atoms with E-state index in [-0.39, 0.29) is 0 Å². The van der Waals surface area contributed by atoms with Crippen LogP contribution in [-0.2, 0) is 0 Å². The highest BCUT2D eigenvalue weighted by molar-refractivity contribution is 4.94. The van der Waals surface area contributed by atoms with Gasteiger partial charge in [0.25, 0.3) is 0 Å². The van der Waals surface area contributed by atoms with Crippen molar-refractivity contribution in [2.45, 2.75) is 45.6 Å². The van der Waals surface area contributed by atoms with Gasteiger partial charge in [-0.05, 0) is 38.6 Å². The Morgan fingerprint density at radius 3 is 1.91 bits per heavy atom. The number of hydrogen-bond donors (Lipinski definition) is 1. The molecular formula is C10H21N. The van der Waals surface area contributed by atoms with Gasteiger partial charge in [-0.25, -0.2) is 0 Å². The quantitative estimate of drug-likeness (QED) is 0.613. The Balaban J connectivity index is 2.69. The van der Waals surface area contributed by atoms with Crippen LogP contribution in [0.4, 0.5) is 0 Å². The predicted molar refractivity (Wildman–Crippen MR) is 49.6 cm³/mol. The molecule has 1 heteroatoms. The lowest BCUT2D eigenvalue weighted by molar-refractivity contribution is 0.118. The first-order chi connectivity index (χ1) is 5.11. The summed E-state index contributed by atoms with van der Waals surface area (Å²) in [4.78, 5) is 0. The van der Waals surface area contributed by atoms with Crippen LogP contribution in [-0.4, -0.2) is 12.6 Å². The molecule has 1 saturated carbocycles. The zero-order chi connectivity index (χ0) is 8.48. The minimum Gasteiger partial charge on any atom is -0.314 e. The number of rotatable bonds is 1. The van der Waals surface area contributed by atoms with Gasteiger partial charge in [-0.2, -0.15) is 0 Å². The molecule has 1 aliphatic carbocycles. The topological polar surface area (TPSA) is 12.0 Å². The first-order valence-electron chi connectivity index (χ1n) is 4.80. The molecule has 0 heterocycles. The molecule has 0 saturated heterocycles. The minimum absolute atomic E-state index is 0.387. The third kappa shape index (κ3) is 1.44. The van der Waals surface area contributed by atoms with E-state index in [1.54, 1.807) is 0 Å². The Labute approximate surface area is 70.6 Å². The van der Waals surface area contributed by atoms with Crippen LogP contribution >= 0.6 is 0 Å². The molecule has 0 radical (unpaired) electrons. The van der Waals surface area contributed by atoms with Crippen LogP contribution in [0.2, 0.25) is 0 Å². The fourth-order valence-corrected chi connectivity index (χ4v) is 2.31. The van der Waals surface area contributed by atoms with E-state index in [1.165, 1.54) is 19.3 Å². The number of hydrogen-bond acceptors (Lipinski definition) is 1. The molecule has 11 heavy (non-hydrogen) atoms. The molecule has 1 rings (SSSR count). The molecule has 0 aromatic heterocycles. The van der Waals surface area contributed by atoms with Crippen LogP contribution in [0, 0.1) is 11.8 Å². The van der Waals surface area contributed by atoms with Crippen molar-refractivity contribution in [3.05, 3.63) is 0 Å². The van der Waals surface area contributed by atoms with E-state index in [2.05, 4.69) is 33.1 Å². The van der Waals surface area contributed by atoms with Gasteiger partial charge in [0.1, 0.15) is 0 Å². The smallest absolute Gasteiger partial charge is 0.0201 e. The van der Waals surface area contributed by atoms with Crippen molar-refractivity contribution in [1.29, 1.82) is 0 Å². The normalized spacial score (nSPS) is 45.8. The average molecular weight is 155 g/mol. The first kappa shape index (κ1) is 9.05. The Morgan fingerprint density at radius 2 is 1.64 bits per heavy atom. The van der Waals surface area contributed by atoms with Crippen molar-refractivity contribution in [1.82, 2.24) is 5.32 Å². The molecule has 2 atom stereocenters. The molecule has 0 aromatic rings. The zero-order valence-corrected chi connectivity index (χ0v) is 8.28. The predicted octanol–water partition coefficient (Wildman–Crippen LogP) is 2.42. The van der Waals surface area contributed by atoms with E-state index >= 15 is 0 Å². The highest BCUT2D eigenvalue weighted by Crippen LogP contribution is 2.37. The van der Waals surface area contributed by atoms with Crippen molar-refractivity contribution in [3.63, 3.8) is 0 Å². The lowest BCUT2D eigenvalue weighted by Gasteiger charge is -2.45. The molecule has 1 aliphatic rings. The SMILES string of the molecule is CNC1(C)C(C)CCCC1C. The molecule has 66 valence electrons. The second-order valence-electron chi connectivity index (χ2n) is 4.27. The van der Waals surface area contributed by atoms with Gasteiger partial charge in [-0.3, -0.25) is 0 Å². The van der Waals surface area contributed by atoms with E-state index in [4.69, 9.17) is 0 Å². The summed E-state index contributed by atoms with van der Waals surface area (Å²) in [6.07, 6.45) is 4.20. The van der Waals surface area contributed by atoms with Gasteiger partial charge < -0.3 is 5.32 Å². The largest absolute Gasteiger partial charge is 0.314 e. The van der Waals surface area contributed by atoms with Crippen LogP contribution in [0.15, 0.2) is 0 Å². The summed E-state index contributed by atoms with van der Waals surface area (Å²) in [7, 11) is 2.10. The van der Waals surface area contributed by atoms with Gasteiger partial charge in [-0.1, -0.05) is 20.3 Å². The molecule has 1 nitrogen and oxygen atoms in total. The van der Waals surface area contributed by atoms with Crippen LogP contribution in [0.1, 0.15) is 40.0 Å². The summed E-state index contributed by atoms with van der Waals surface area (Å²) in [5.74, 6) is 1.66. The zero-order valence-electron chi connectivity index (χ0n) is 8.28. The third-order valence-corrected chi connectivity index (χ3v) is 3.86. The summed E-state index contributed by atoms with van der Waals surface area (Å²) in [6.45, 7) is 7.10. The van der Waals surface area contributed by atoms with Crippen LogP contribution in [0.25, 0.3) is 0 Å². The molecule has 1 N–H and O–H groups in total. The van der Waals surface area contributed by atoms with Gasteiger partial charge in [0.2, 0.25) is 0 Å². The van der Waals surface area contributed by atoms with E-state index in [9.17, 15) is 0 Å². The maximum atomic E-state index is 3.48. The highest BCUT2D eigenvalue weighted by Gasteiger charge is 2.37.